The first-order valence-corrected chi connectivity index (χ1v) is 4.65. The summed E-state index contributed by atoms with van der Waals surface area (Å²) in [6.45, 7) is 1.15. The Kier molecular flexibility index (Phi) is 3.93. The number of aromatic hydroxyl groups is 1. The van der Waals surface area contributed by atoms with Crippen molar-refractivity contribution in [3.63, 3.8) is 0 Å². The SMILES string of the molecule is NCCCNc1cc(C(=O)O)ccc1O. The van der Waals surface area contributed by atoms with Crippen LogP contribution in [0.1, 0.15) is 16.8 Å². The average Bonchev–Trinajstić information content (AvgIpc) is 2.20. The van der Waals surface area contributed by atoms with Crippen LogP contribution in [0.4, 0.5) is 5.69 Å². The molecule has 5 N–H and O–H groups in total. The van der Waals surface area contributed by atoms with Crippen molar-refractivity contribution in [2.24, 2.45) is 5.73 Å². The van der Waals surface area contributed by atoms with Gasteiger partial charge in [-0.25, -0.2) is 4.79 Å². The molecular weight excluding hydrogens is 196 g/mol. The molecule has 15 heavy (non-hydrogen) atoms. The van der Waals surface area contributed by atoms with Crippen LogP contribution in [0.3, 0.4) is 0 Å². The second-order valence-corrected chi connectivity index (χ2v) is 3.11. The van der Waals surface area contributed by atoms with Gasteiger partial charge in [-0.1, -0.05) is 0 Å². The van der Waals surface area contributed by atoms with Crippen molar-refractivity contribution in [1.29, 1.82) is 0 Å². The van der Waals surface area contributed by atoms with Gasteiger partial charge in [-0.2, -0.15) is 0 Å². The van der Waals surface area contributed by atoms with E-state index in [1.54, 1.807) is 0 Å². The zero-order valence-corrected chi connectivity index (χ0v) is 8.23. The van der Waals surface area contributed by atoms with E-state index in [1.807, 2.05) is 0 Å². The lowest BCUT2D eigenvalue weighted by atomic mass is 10.2. The smallest absolute Gasteiger partial charge is 0.335 e. The van der Waals surface area contributed by atoms with Gasteiger partial charge in [0.1, 0.15) is 5.75 Å². The summed E-state index contributed by atoms with van der Waals surface area (Å²) in [6, 6.07) is 4.11. The molecule has 0 fully saturated rings. The van der Waals surface area contributed by atoms with Crippen LogP contribution < -0.4 is 11.1 Å². The monoisotopic (exact) mass is 210 g/mol. The Morgan fingerprint density at radius 2 is 2.20 bits per heavy atom. The lowest BCUT2D eigenvalue weighted by Gasteiger charge is -2.08. The maximum absolute atomic E-state index is 10.7. The lowest BCUT2D eigenvalue weighted by molar-refractivity contribution is 0.0697. The zero-order chi connectivity index (χ0) is 11.3. The minimum absolute atomic E-state index is 0.0389. The highest BCUT2D eigenvalue weighted by Crippen LogP contribution is 2.23. The van der Waals surface area contributed by atoms with Gasteiger partial charge in [0.15, 0.2) is 0 Å². The first kappa shape index (κ1) is 11.3. The van der Waals surface area contributed by atoms with Gasteiger partial charge in [0, 0.05) is 6.54 Å². The van der Waals surface area contributed by atoms with Gasteiger partial charge in [0.2, 0.25) is 0 Å². The molecule has 0 atom stereocenters. The molecular formula is C10H14N2O3. The highest BCUT2D eigenvalue weighted by molar-refractivity contribution is 5.89. The van der Waals surface area contributed by atoms with E-state index in [9.17, 15) is 9.90 Å². The standard InChI is InChI=1S/C10H14N2O3/c11-4-1-5-12-8-6-7(10(14)15)2-3-9(8)13/h2-3,6,12-13H,1,4-5,11H2,(H,14,15). The number of aromatic carboxylic acids is 1. The molecule has 0 aliphatic carbocycles. The van der Waals surface area contributed by atoms with Gasteiger partial charge in [-0.05, 0) is 31.2 Å². The number of hydrogen-bond acceptors (Lipinski definition) is 4. The quantitative estimate of drug-likeness (QED) is 0.427. The first-order valence-electron chi connectivity index (χ1n) is 4.65. The van der Waals surface area contributed by atoms with Crippen molar-refractivity contribution < 1.29 is 15.0 Å². The Balaban J connectivity index is 2.76. The van der Waals surface area contributed by atoms with Gasteiger partial charge >= 0.3 is 5.97 Å². The molecule has 0 unspecified atom stereocenters. The fourth-order valence-electron chi connectivity index (χ4n) is 1.14. The molecule has 0 aliphatic heterocycles. The number of carbonyl (C=O) groups is 1. The van der Waals surface area contributed by atoms with Gasteiger partial charge in [-0.15, -0.1) is 0 Å². The Bertz CT molecular complexity index is 353. The average molecular weight is 210 g/mol. The molecule has 0 saturated carbocycles. The molecule has 1 rings (SSSR count). The molecule has 0 heterocycles. The number of carboxylic acid groups (broad SMARTS) is 1. The number of carboxylic acids is 1. The van der Waals surface area contributed by atoms with Gasteiger partial charge < -0.3 is 21.3 Å². The molecule has 82 valence electrons. The minimum Gasteiger partial charge on any atom is -0.506 e. The number of phenolic OH excluding ortho intramolecular Hbond substituents is 1. The Morgan fingerprint density at radius 3 is 2.80 bits per heavy atom. The third kappa shape index (κ3) is 3.14. The summed E-state index contributed by atoms with van der Waals surface area (Å²) < 4.78 is 0. The molecule has 0 aromatic heterocycles. The van der Waals surface area contributed by atoms with E-state index in [-0.39, 0.29) is 11.3 Å². The summed E-state index contributed by atoms with van der Waals surface area (Å²) in [6.07, 6.45) is 0.761. The molecule has 1 aromatic carbocycles. The van der Waals surface area contributed by atoms with Crippen LogP contribution in [0.15, 0.2) is 18.2 Å². The third-order valence-corrected chi connectivity index (χ3v) is 1.94. The van der Waals surface area contributed by atoms with Crippen molar-refractivity contribution in [2.45, 2.75) is 6.42 Å². The molecule has 0 aliphatic rings. The van der Waals surface area contributed by atoms with Crippen LogP contribution in [0.25, 0.3) is 0 Å². The van der Waals surface area contributed by atoms with Crippen LogP contribution in [-0.2, 0) is 0 Å². The normalized spacial score (nSPS) is 9.93. The van der Waals surface area contributed by atoms with E-state index in [4.69, 9.17) is 10.8 Å². The van der Waals surface area contributed by atoms with Crippen LogP contribution in [0, 0.1) is 0 Å². The fraction of sp³-hybridized carbons (Fsp3) is 0.300. The fourth-order valence-corrected chi connectivity index (χ4v) is 1.14. The van der Waals surface area contributed by atoms with E-state index in [1.165, 1.54) is 18.2 Å². The Hall–Kier alpha value is -1.75. The molecule has 0 amide bonds. The van der Waals surface area contributed by atoms with Crippen LogP contribution in [-0.4, -0.2) is 29.3 Å². The van der Waals surface area contributed by atoms with Crippen molar-refractivity contribution in [3.8, 4) is 5.75 Å². The maximum Gasteiger partial charge on any atom is 0.335 e. The number of phenols is 1. The first-order chi connectivity index (χ1) is 7.15. The maximum atomic E-state index is 10.7. The predicted molar refractivity (Wildman–Crippen MR) is 57.2 cm³/mol. The summed E-state index contributed by atoms with van der Waals surface area (Å²) in [5.74, 6) is -0.978. The zero-order valence-electron chi connectivity index (χ0n) is 8.23. The van der Waals surface area contributed by atoms with E-state index >= 15 is 0 Å². The predicted octanol–water partition coefficient (Wildman–Crippen LogP) is 0.851. The summed E-state index contributed by atoms with van der Waals surface area (Å²) in [7, 11) is 0. The molecule has 0 saturated heterocycles. The summed E-state index contributed by atoms with van der Waals surface area (Å²) in [5, 5.41) is 21.1. The molecule has 0 spiro atoms. The topological polar surface area (TPSA) is 95.6 Å². The number of hydrogen-bond donors (Lipinski definition) is 4. The Labute approximate surface area is 87.5 Å². The Morgan fingerprint density at radius 1 is 1.47 bits per heavy atom. The van der Waals surface area contributed by atoms with Crippen molar-refractivity contribution in [3.05, 3.63) is 23.8 Å². The third-order valence-electron chi connectivity index (χ3n) is 1.94. The van der Waals surface area contributed by atoms with Crippen molar-refractivity contribution in [1.82, 2.24) is 0 Å². The summed E-state index contributed by atoms with van der Waals surface area (Å²) in [5.41, 5.74) is 5.87. The van der Waals surface area contributed by atoms with E-state index in [2.05, 4.69) is 5.32 Å². The van der Waals surface area contributed by atoms with Crippen molar-refractivity contribution in [2.75, 3.05) is 18.4 Å². The molecule has 5 heteroatoms. The van der Waals surface area contributed by atoms with Gasteiger partial charge in [-0.3, -0.25) is 0 Å². The van der Waals surface area contributed by atoms with Crippen LogP contribution in [0.5, 0.6) is 5.75 Å². The van der Waals surface area contributed by atoms with E-state index in [0.717, 1.165) is 6.42 Å². The molecule has 0 radical (unpaired) electrons. The molecule has 5 nitrogen and oxygen atoms in total. The number of nitrogens with two attached hydrogens (primary N) is 1. The second kappa shape index (κ2) is 5.21. The number of benzene rings is 1. The summed E-state index contributed by atoms with van der Waals surface area (Å²) in [4.78, 5) is 10.7. The van der Waals surface area contributed by atoms with Gasteiger partial charge in [0.25, 0.3) is 0 Å². The number of nitrogens with one attached hydrogen (secondary N) is 1. The minimum atomic E-state index is -1.02. The van der Waals surface area contributed by atoms with Gasteiger partial charge in [0.05, 0.1) is 11.3 Å². The largest absolute Gasteiger partial charge is 0.506 e. The highest BCUT2D eigenvalue weighted by atomic mass is 16.4. The second-order valence-electron chi connectivity index (χ2n) is 3.11. The van der Waals surface area contributed by atoms with E-state index < -0.39 is 5.97 Å². The molecule has 0 bridgehead atoms. The lowest BCUT2D eigenvalue weighted by Crippen LogP contribution is -2.09. The van der Waals surface area contributed by atoms with Crippen LogP contribution in [0.2, 0.25) is 0 Å². The van der Waals surface area contributed by atoms with E-state index in [0.29, 0.717) is 18.8 Å². The summed E-state index contributed by atoms with van der Waals surface area (Å²) >= 11 is 0. The highest BCUT2D eigenvalue weighted by Gasteiger charge is 2.06. The number of rotatable bonds is 5. The number of anilines is 1. The van der Waals surface area contributed by atoms with Crippen molar-refractivity contribution >= 4 is 11.7 Å². The van der Waals surface area contributed by atoms with Crippen LogP contribution >= 0.6 is 0 Å². The molecule has 1 aromatic rings.